The molecule has 0 atom stereocenters. The van der Waals surface area contributed by atoms with E-state index in [0.29, 0.717) is 0 Å². The van der Waals surface area contributed by atoms with E-state index in [1.165, 1.54) is 30.5 Å². The average Bonchev–Trinajstić information content (AvgIpc) is 2.56. The van der Waals surface area contributed by atoms with Crippen LogP contribution >= 0.6 is 0 Å². The molecule has 1 aliphatic rings. The molecule has 18 heavy (non-hydrogen) atoms. The van der Waals surface area contributed by atoms with Crippen molar-refractivity contribution in [1.29, 1.82) is 0 Å². The van der Waals surface area contributed by atoms with Gasteiger partial charge in [-0.3, -0.25) is 4.68 Å². The molecular formula is C14H25N3O. The Morgan fingerprint density at radius 1 is 1.39 bits per heavy atom. The second-order valence-corrected chi connectivity index (χ2v) is 5.30. The summed E-state index contributed by atoms with van der Waals surface area (Å²) in [6, 6.07) is 0. The molecule has 0 spiro atoms. The molecule has 0 aromatic carbocycles. The maximum Gasteiger partial charge on any atom is 0.0641 e. The third kappa shape index (κ3) is 3.12. The molecule has 4 heteroatoms. The van der Waals surface area contributed by atoms with Gasteiger partial charge in [-0.2, -0.15) is 5.10 Å². The van der Waals surface area contributed by atoms with Gasteiger partial charge >= 0.3 is 0 Å². The first kappa shape index (κ1) is 13.6. The Labute approximate surface area is 110 Å². The number of hydrogen-bond donors (Lipinski definition) is 1. The zero-order valence-corrected chi connectivity index (χ0v) is 11.8. The van der Waals surface area contributed by atoms with Gasteiger partial charge in [0.25, 0.3) is 0 Å². The first-order valence-electron chi connectivity index (χ1n) is 6.95. The van der Waals surface area contributed by atoms with Gasteiger partial charge in [0.2, 0.25) is 0 Å². The van der Waals surface area contributed by atoms with Crippen LogP contribution in [0.25, 0.3) is 0 Å². The lowest BCUT2D eigenvalue weighted by Gasteiger charge is -2.25. The van der Waals surface area contributed by atoms with Gasteiger partial charge in [0.05, 0.1) is 12.3 Å². The van der Waals surface area contributed by atoms with Crippen molar-refractivity contribution in [3.05, 3.63) is 17.0 Å². The third-order valence-electron chi connectivity index (χ3n) is 3.97. The van der Waals surface area contributed by atoms with E-state index in [9.17, 15) is 0 Å². The maximum absolute atomic E-state index is 5.04. The second-order valence-electron chi connectivity index (χ2n) is 5.30. The van der Waals surface area contributed by atoms with E-state index in [-0.39, 0.29) is 0 Å². The molecule has 0 unspecified atom stereocenters. The average molecular weight is 251 g/mol. The summed E-state index contributed by atoms with van der Waals surface area (Å²) in [5.74, 6) is 0.859. The maximum atomic E-state index is 5.04. The summed E-state index contributed by atoms with van der Waals surface area (Å²) in [6.07, 6.45) is 4.15. The summed E-state index contributed by atoms with van der Waals surface area (Å²) < 4.78 is 7.24. The van der Waals surface area contributed by atoms with Gasteiger partial charge in [-0.15, -0.1) is 0 Å². The number of nitrogens with zero attached hydrogens (tertiary/aromatic N) is 2. The highest BCUT2D eigenvalue weighted by Crippen LogP contribution is 2.28. The molecule has 1 aliphatic carbocycles. The van der Waals surface area contributed by atoms with Crippen LogP contribution in [0.1, 0.15) is 36.2 Å². The van der Waals surface area contributed by atoms with E-state index in [2.05, 4.69) is 28.9 Å². The molecular weight excluding hydrogens is 226 g/mol. The predicted octanol–water partition coefficient (Wildman–Crippen LogP) is 2.04. The van der Waals surface area contributed by atoms with Crippen LogP contribution in [0.3, 0.4) is 0 Å². The summed E-state index contributed by atoms with van der Waals surface area (Å²) in [5, 5.41) is 8.08. The summed E-state index contributed by atoms with van der Waals surface area (Å²) in [7, 11) is 1.73. The molecule has 1 saturated carbocycles. The first-order chi connectivity index (χ1) is 8.72. The number of methoxy groups -OCH3 is 1. The highest BCUT2D eigenvalue weighted by molar-refractivity contribution is 5.24. The van der Waals surface area contributed by atoms with Gasteiger partial charge in [-0.1, -0.05) is 6.42 Å². The van der Waals surface area contributed by atoms with Crippen LogP contribution in [0.15, 0.2) is 0 Å². The normalized spacial score (nSPS) is 15.9. The van der Waals surface area contributed by atoms with Gasteiger partial charge in [0.15, 0.2) is 0 Å². The largest absolute Gasteiger partial charge is 0.383 e. The smallest absolute Gasteiger partial charge is 0.0641 e. The molecule has 1 N–H and O–H groups in total. The number of hydrogen-bond acceptors (Lipinski definition) is 3. The van der Waals surface area contributed by atoms with Gasteiger partial charge in [-0.05, 0) is 32.6 Å². The molecule has 2 rings (SSSR count). The van der Waals surface area contributed by atoms with E-state index in [0.717, 1.165) is 37.9 Å². The molecule has 102 valence electrons. The minimum atomic E-state index is 0.758. The molecule has 4 nitrogen and oxygen atoms in total. The molecule has 1 aromatic rings. The minimum Gasteiger partial charge on any atom is -0.383 e. The van der Waals surface area contributed by atoms with Crippen LogP contribution in [0.5, 0.6) is 0 Å². The van der Waals surface area contributed by atoms with Crippen molar-refractivity contribution in [2.75, 3.05) is 20.3 Å². The lowest BCUT2D eigenvalue weighted by Crippen LogP contribution is -2.21. The highest BCUT2D eigenvalue weighted by atomic mass is 16.5. The van der Waals surface area contributed by atoms with Crippen molar-refractivity contribution in [3.63, 3.8) is 0 Å². The molecule has 0 radical (unpaired) electrons. The van der Waals surface area contributed by atoms with E-state index < -0.39 is 0 Å². The number of rotatable bonds is 7. The van der Waals surface area contributed by atoms with E-state index >= 15 is 0 Å². The van der Waals surface area contributed by atoms with Crippen LogP contribution in [0.4, 0.5) is 0 Å². The van der Waals surface area contributed by atoms with Crippen molar-refractivity contribution >= 4 is 0 Å². The fraction of sp³-hybridized carbons (Fsp3) is 0.786. The number of aryl methyl sites for hydroxylation is 1. The molecule has 0 amide bonds. The Balaban J connectivity index is 1.92. The number of nitrogens with one attached hydrogen (secondary N) is 1. The fourth-order valence-electron chi connectivity index (χ4n) is 2.48. The zero-order chi connectivity index (χ0) is 13.0. The quantitative estimate of drug-likeness (QED) is 0.754. The summed E-state index contributed by atoms with van der Waals surface area (Å²) in [5.41, 5.74) is 3.84. The molecule has 1 aromatic heterocycles. The fourth-order valence-corrected chi connectivity index (χ4v) is 2.48. The summed E-state index contributed by atoms with van der Waals surface area (Å²) in [4.78, 5) is 0. The third-order valence-corrected chi connectivity index (χ3v) is 3.97. The Morgan fingerprint density at radius 2 is 2.17 bits per heavy atom. The van der Waals surface area contributed by atoms with Crippen LogP contribution in [-0.4, -0.2) is 30.0 Å². The van der Waals surface area contributed by atoms with Crippen LogP contribution in [-0.2, 0) is 17.8 Å². The van der Waals surface area contributed by atoms with Gasteiger partial charge in [0.1, 0.15) is 0 Å². The van der Waals surface area contributed by atoms with Crippen molar-refractivity contribution < 1.29 is 4.74 Å². The van der Waals surface area contributed by atoms with E-state index in [4.69, 9.17) is 4.74 Å². The van der Waals surface area contributed by atoms with Crippen LogP contribution in [0, 0.1) is 19.8 Å². The standard InChI is InChI=1S/C14H25N3O/c1-11-14(9-15-7-8-18-3)12(2)17(16-11)10-13-5-4-6-13/h13,15H,4-10H2,1-3H3. The van der Waals surface area contributed by atoms with Crippen LogP contribution < -0.4 is 5.32 Å². The minimum absolute atomic E-state index is 0.758. The van der Waals surface area contributed by atoms with Crippen molar-refractivity contribution in [2.24, 2.45) is 5.92 Å². The van der Waals surface area contributed by atoms with Crippen molar-refractivity contribution in [3.8, 4) is 0 Å². The molecule has 0 aliphatic heterocycles. The molecule has 0 saturated heterocycles. The summed E-state index contributed by atoms with van der Waals surface area (Å²) in [6.45, 7) is 7.94. The Bertz CT molecular complexity index is 383. The van der Waals surface area contributed by atoms with Crippen molar-refractivity contribution in [2.45, 2.75) is 46.2 Å². The van der Waals surface area contributed by atoms with E-state index in [1.54, 1.807) is 7.11 Å². The number of ether oxygens (including phenoxy) is 1. The molecule has 1 heterocycles. The van der Waals surface area contributed by atoms with Crippen LogP contribution in [0.2, 0.25) is 0 Å². The van der Waals surface area contributed by atoms with E-state index in [1.807, 2.05) is 0 Å². The Kier molecular flexibility index (Phi) is 4.78. The summed E-state index contributed by atoms with van der Waals surface area (Å²) >= 11 is 0. The monoisotopic (exact) mass is 251 g/mol. The predicted molar refractivity (Wildman–Crippen MR) is 72.6 cm³/mol. The second kappa shape index (κ2) is 6.34. The SMILES string of the molecule is COCCNCc1c(C)nn(CC2CCC2)c1C. The lowest BCUT2D eigenvalue weighted by molar-refractivity contribution is 0.199. The Morgan fingerprint density at radius 3 is 2.78 bits per heavy atom. The molecule has 0 bridgehead atoms. The highest BCUT2D eigenvalue weighted by Gasteiger charge is 2.20. The van der Waals surface area contributed by atoms with Gasteiger partial charge < -0.3 is 10.1 Å². The zero-order valence-electron chi connectivity index (χ0n) is 11.8. The lowest BCUT2D eigenvalue weighted by atomic mass is 9.85. The first-order valence-corrected chi connectivity index (χ1v) is 6.95. The van der Waals surface area contributed by atoms with Gasteiger partial charge in [-0.25, -0.2) is 0 Å². The topological polar surface area (TPSA) is 39.1 Å². The molecule has 1 fully saturated rings. The number of aromatic nitrogens is 2. The van der Waals surface area contributed by atoms with Gasteiger partial charge in [0, 0.05) is 38.0 Å². The van der Waals surface area contributed by atoms with Crippen molar-refractivity contribution in [1.82, 2.24) is 15.1 Å². The Hall–Kier alpha value is -0.870.